The maximum Gasteiger partial charge on any atom is 0.325 e. The SMILES string of the molecule is O=C(Nc1cccc2c1ncn2[C@@H]1O[C@H](CCP(=O)(O)O)C2OC(Cc3ccccc3)OC21)NC1CC1. The first-order valence-electron chi connectivity index (χ1n) is 12.4. The molecule has 2 saturated heterocycles. The quantitative estimate of drug-likeness (QED) is 0.327. The number of anilines is 1. The van der Waals surface area contributed by atoms with Crippen molar-refractivity contribution in [2.75, 3.05) is 11.5 Å². The van der Waals surface area contributed by atoms with Gasteiger partial charge in [0.25, 0.3) is 0 Å². The highest BCUT2D eigenvalue weighted by molar-refractivity contribution is 7.51. The fraction of sp³-hybridized carbons (Fsp3) is 0.440. The zero-order chi connectivity index (χ0) is 25.6. The van der Waals surface area contributed by atoms with E-state index >= 15 is 0 Å². The van der Waals surface area contributed by atoms with Crippen LogP contribution in [-0.2, 0) is 25.2 Å². The predicted octanol–water partition coefficient (Wildman–Crippen LogP) is 3.14. The van der Waals surface area contributed by atoms with Crippen LogP contribution in [0.5, 0.6) is 0 Å². The van der Waals surface area contributed by atoms with E-state index in [4.69, 9.17) is 14.2 Å². The van der Waals surface area contributed by atoms with Crippen molar-refractivity contribution < 1.29 is 33.4 Å². The Labute approximate surface area is 213 Å². The maximum atomic E-state index is 12.3. The molecule has 3 aliphatic rings. The highest BCUT2D eigenvalue weighted by Gasteiger charge is 2.53. The van der Waals surface area contributed by atoms with Gasteiger partial charge in [-0.05, 0) is 37.0 Å². The summed E-state index contributed by atoms with van der Waals surface area (Å²) >= 11 is 0. The molecule has 37 heavy (non-hydrogen) atoms. The Bertz CT molecular complexity index is 1330. The fourth-order valence-electron chi connectivity index (χ4n) is 4.99. The number of ether oxygens (including phenoxy) is 3. The predicted molar refractivity (Wildman–Crippen MR) is 134 cm³/mol. The summed E-state index contributed by atoms with van der Waals surface area (Å²) in [4.78, 5) is 35.8. The van der Waals surface area contributed by atoms with E-state index in [0.29, 0.717) is 17.6 Å². The highest BCUT2D eigenvalue weighted by Crippen LogP contribution is 2.45. The summed E-state index contributed by atoms with van der Waals surface area (Å²) < 4.78 is 32.2. The molecule has 11 nitrogen and oxygen atoms in total. The van der Waals surface area contributed by atoms with Crippen LogP contribution in [0.1, 0.15) is 31.1 Å². The Morgan fingerprint density at radius 1 is 1.05 bits per heavy atom. The van der Waals surface area contributed by atoms with Crippen LogP contribution in [0.4, 0.5) is 10.5 Å². The molecular formula is C25H29N4O7P. The number of fused-ring (bicyclic) bond motifs is 2. The van der Waals surface area contributed by atoms with Gasteiger partial charge in [-0.2, -0.15) is 0 Å². The minimum Gasteiger partial charge on any atom is -0.349 e. The summed E-state index contributed by atoms with van der Waals surface area (Å²) in [5.74, 6) is 0. The summed E-state index contributed by atoms with van der Waals surface area (Å²) in [6.07, 6.45) is 1.29. The Hall–Kier alpha value is -2.79. The molecule has 3 heterocycles. The Morgan fingerprint density at radius 3 is 2.59 bits per heavy atom. The molecule has 0 radical (unpaired) electrons. The molecule has 3 unspecified atom stereocenters. The summed E-state index contributed by atoms with van der Waals surface area (Å²) in [7, 11) is -4.21. The molecule has 12 heteroatoms. The summed E-state index contributed by atoms with van der Waals surface area (Å²) in [5.41, 5.74) is 2.98. The zero-order valence-electron chi connectivity index (χ0n) is 20.0. The second-order valence-electron chi connectivity index (χ2n) is 9.76. The van der Waals surface area contributed by atoms with Crippen molar-refractivity contribution in [3.63, 3.8) is 0 Å². The summed E-state index contributed by atoms with van der Waals surface area (Å²) in [6.45, 7) is 0. The van der Waals surface area contributed by atoms with Crippen molar-refractivity contribution in [2.24, 2.45) is 0 Å². The molecule has 1 aliphatic carbocycles. The lowest BCUT2D eigenvalue weighted by molar-refractivity contribution is -0.143. The molecule has 6 rings (SSSR count). The molecule has 3 aromatic rings. The van der Waals surface area contributed by atoms with Gasteiger partial charge in [0, 0.05) is 12.5 Å². The molecule has 196 valence electrons. The van der Waals surface area contributed by atoms with Crippen LogP contribution in [-0.4, -0.2) is 62.2 Å². The number of carbonyl (C=O) groups is 1. The number of hydrogen-bond acceptors (Lipinski definition) is 6. The number of amides is 2. The zero-order valence-corrected chi connectivity index (χ0v) is 20.9. The number of imidazole rings is 1. The van der Waals surface area contributed by atoms with E-state index in [0.717, 1.165) is 23.9 Å². The molecule has 3 fully saturated rings. The summed E-state index contributed by atoms with van der Waals surface area (Å²) in [5, 5.41) is 5.78. The lowest BCUT2D eigenvalue weighted by atomic mass is 10.1. The van der Waals surface area contributed by atoms with Gasteiger partial charge in [0.15, 0.2) is 12.5 Å². The van der Waals surface area contributed by atoms with Gasteiger partial charge in [-0.1, -0.05) is 36.4 Å². The van der Waals surface area contributed by atoms with Crippen LogP contribution in [0.2, 0.25) is 0 Å². The van der Waals surface area contributed by atoms with Gasteiger partial charge in [-0.25, -0.2) is 9.78 Å². The molecular weight excluding hydrogens is 499 g/mol. The first-order chi connectivity index (χ1) is 17.8. The molecule has 4 N–H and O–H groups in total. The summed E-state index contributed by atoms with van der Waals surface area (Å²) in [6, 6.07) is 15.3. The number of rotatable bonds is 8. The van der Waals surface area contributed by atoms with E-state index < -0.39 is 38.4 Å². The van der Waals surface area contributed by atoms with Crippen LogP contribution in [0, 0.1) is 0 Å². The van der Waals surface area contributed by atoms with Crippen molar-refractivity contribution in [3.05, 3.63) is 60.4 Å². The van der Waals surface area contributed by atoms with Crippen LogP contribution in [0.15, 0.2) is 54.9 Å². The minimum absolute atomic E-state index is 0.129. The lowest BCUT2D eigenvalue weighted by Crippen LogP contribution is -2.30. The standard InChI is InChI=1S/C25H29N4O7P/c30-25(27-16-9-10-16)28-17-7-4-8-18-21(17)26-14-29(18)24-23-22(19(34-24)11-12-37(31,32)33)35-20(36-23)13-15-5-2-1-3-6-15/h1-8,14,16,19-20,22-24H,9-13H2,(H2,27,28,30)(H2,31,32,33)/t19-,20?,22?,23?,24-/m1/s1. The van der Waals surface area contributed by atoms with Gasteiger partial charge in [-0.3, -0.25) is 4.57 Å². The van der Waals surface area contributed by atoms with Crippen LogP contribution >= 0.6 is 7.60 Å². The third kappa shape index (κ3) is 5.43. The average Bonchev–Trinajstić information content (AvgIpc) is 3.26. The Balaban J connectivity index is 1.25. The number of para-hydroxylation sites is 1. The maximum absolute atomic E-state index is 12.3. The topological polar surface area (TPSA) is 144 Å². The van der Waals surface area contributed by atoms with Crippen LogP contribution in [0.25, 0.3) is 11.0 Å². The van der Waals surface area contributed by atoms with Gasteiger partial charge < -0.3 is 39.2 Å². The molecule has 2 amide bonds. The smallest absolute Gasteiger partial charge is 0.325 e. The first-order valence-corrected chi connectivity index (χ1v) is 14.2. The Morgan fingerprint density at radius 2 is 1.84 bits per heavy atom. The van der Waals surface area contributed by atoms with Gasteiger partial charge >= 0.3 is 13.6 Å². The van der Waals surface area contributed by atoms with Crippen molar-refractivity contribution in [1.29, 1.82) is 0 Å². The molecule has 5 atom stereocenters. The van der Waals surface area contributed by atoms with E-state index in [9.17, 15) is 19.1 Å². The molecule has 2 aliphatic heterocycles. The van der Waals surface area contributed by atoms with Crippen LogP contribution in [0.3, 0.4) is 0 Å². The van der Waals surface area contributed by atoms with Gasteiger partial charge in [-0.15, -0.1) is 0 Å². The van der Waals surface area contributed by atoms with Crippen molar-refractivity contribution in [2.45, 2.75) is 62.6 Å². The third-order valence-corrected chi connectivity index (χ3v) is 7.73. The van der Waals surface area contributed by atoms with Gasteiger partial charge in [0.2, 0.25) is 0 Å². The molecule has 2 aromatic carbocycles. The largest absolute Gasteiger partial charge is 0.349 e. The van der Waals surface area contributed by atoms with E-state index in [1.807, 2.05) is 47.0 Å². The number of urea groups is 1. The van der Waals surface area contributed by atoms with E-state index in [2.05, 4.69) is 15.6 Å². The molecule has 0 spiro atoms. The van der Waals surface area contributed by atoms with Crippen molar-refractivity contribution >= 4 is 30.3 Å². The van der Waals surface area contributed by atoms with Crippen LogP contribution < -0.4 is 10.6 Å². The van der Waals surface area contributed by atoms with Gasteiger partial charge in [0.1, 0.15) is 17.7 Å². The number of hydrogen-bond donors (Lipinski definition) is 4. The monoisotopic (exact) mass is 528 g/mol. The second-order valence-corrected chi connectivity index (χ2v) is 11.5. The lowest BCUT2D eigenvalue weighted by Gasteiger charge is -2.22. The number of carbonyl (C=O) groups excluding carboxylic acids is 1. The van der Waals surface area contributed by atoms with Gasteiger partial charge in [0.05, 0.1) is 29.8 Å². The normalized spacial score (nSPS) is 27.4. The second kappa shape index (κ2) is 9.83. The number of aromatic nitrogens is 2. The molecule has 1 aromatic heterocycles. The van der Waals surface area contributed by atoms with E-state index in [1.165, 1.54) is 0 Å². The minimum atomic E-state index is -4.21. The number of benzene rings is 2. The number of nitrogens with one attached hydrogen (secondary N) is 2. The molecule has 1 saturated carbocycles. The number of nitrogens with zero attached hydrogens (tertiary/aromatic N) is 2. The van der Waals surface area contributed by atoms with Crippen molar-refractivity contribution in [3.8, 4) is 0 Å². The Kier molecular flexibility index (Phi) is 6.52. The highest BCUT2D eigenvalue weighted by atomic mass is 31.2. The molecule has 0 bridgehead atoms. The van der Waals surface area contributed by atoms with Crippen molar-refractivity contribution in [1.82, 2.24) is 14.9 Å². The average molecular weight is 529 g/mol. The first kappa shape index (κ1) is 24.5. The third-order valence-electron chi connectivity index (χ3n) is 6.89. The fourth-order valence-corrected chi connectivity index (χ4v) is 5.58. The van der Waals surface area contributed by atoms with E-state index in [-0.39, 0.29) is 24.7 Å². The van der Waals surface area contributed by atoms with E-state index in [1.54, 1.807) is 12.4 Å².